The van der Waals surface area contributed by atoms with E-state index in [4.69, 9.17) is 14.2 Å². The van der Waals surface area contributed by atoms with Crippen LogP contribution in [0.1, 0.15) is 72.9 Å². The number of amides is 1. The zero-order valence-corrected chi connectivity index (χ0v) is 44.0. The number of benzene rings is 3. The molecule has 1 aliphatic heterocycles. The molecular formula is C43H46Ac2BrNO12. The third-order valence-corrected chi connectivity index (χ3v) is 13.5. The molecule has 16 heteroatoms. The molecule has 1 heterocycles. The van der Waals surface area contributed by atoms with E-state index in [-0.39, 0.29) is 123 Å². The van der Waals surface area contributed by atoms with Gasteiger partial charge >= 0.3 is 11.9 Å². The second-order valence-corrected chi connectivity index (χ2v) is 17.3. The molecule has 0 spiro atoms. The topological polar surface area (TPSA) is 209 Å². The molecule has 2 radical (unpaired) electrons. The van der Waals surface area contributed by atoms with Crippen LogP contribution in [0, 0.1) is 105 Å². The van der Waals surface area contributed by atoms with Gasteiger partial charge in [-0.25, -0.2) is 9.59 Å². The number of nitrogens with one attached hydrogen (secondary N) is 1. The SMILES string of the molecule is CC1=C2C(O)C(=O)[C@]3(C)C(O)CC4OCC4(O)C3C(OC(=O)c3ccccc3)C(O)(CC1OC(=O)C(O)[C@@H](NC(=O)c1ccccc1)c1ccc(Br)cc1)C2(C)C.[Ac].[Ac]. The first-order valence-electron chi connectivity index (χ1n) is 18.8. The van der Waals surface area contributed by atoms with Crippen molar-refractivity contribution in [1.82, 2.24) is 5.32 Å². The number of carbonyl (C=O) groups excluding carboxylic acids is 4. The van der Waals surface area contributed by atoms with E-state index in [1.165, 1.54) is 26.0 Å². The number of carbonyl (C=O) groups is 4. The van der Waals surface area contributed by atoms with Gasteiger partial charge in [0.15, 0.2) is 11.9 Å². The van der Waals surface area contributed by atoms with Crippen LogP contribution in [0.4, 0.5) is 0 Å². The normalized spacial score (nSPS) is 32.7. The van der Waals surface area contributed by atoms with Gasteiger partial charge in [-0.3, -0.25) is 9.59 Å². The Hall–Kier alpha value is -1.40. The van der Waals surface area contributed by atoms with E-state index in [1.807, 2.05) is 0 Å². The Morgan fingerprint density at radius 2 is 1.46 bits per heavy atom. The number of ether oxygens (including phenoxy) is 3. The molecule has 2 saturated carbocycles. The summed E-state index contributed by atoms with van der Waals surface area (Å²) < 4.78 is 18.6. The predicted octanol–water partition coefficient (Wildman–Crippen LogP) is 3.36. The van der Waals surface area contributed by atoms with E-state index in [0.29, 0.717) is 10.0 Å². The van der Waals surface area contributed by atoms with Crippen molar-refractivity contribution in [3.05, 3.63) is 117 Å². The largest absolute Gasteiger partial charge is 0.456 e. The van der Waals surface area contributed by atoms with E-state index in [1.54, 1.807) is 86.6 Å². The van der Waals surface area contributed by atoms with Gasteiger partial charge in [0.2, 0.25) is 0 Å². The van der Waals surface area contributed by atoms with E-state index < -0.39 is 101 Å². The molecule has 6 N–H and O–H groups in total. The van der Waals surface area contributed by atoms with Gasteiger partial charge in [-0.1, -0.05) is 78.3 Å². The zero-order chi connectivity index (χ0) is 41.2. The summed E-state index contributed by atoms with van der Waals surface area (Å²) in [5.74, 6) is -5.10. The molecule has 3 fully saturated rings. The van der Waals surface area contributed by atoms with Crippen LogP contribution in [0.5, 0.6) is 0 Å². The second-order valence-electron chi connectivity index (χ2n) is 16.4. The maximum Gasteiger partial charge on any atom is 0.338 e. The van der Waals surface area contributed by atoms with Crippen molar-refractivity contribution >= 4 is 39.6 Å². The van der Waals surface area contributed by atoms with Gasteiger partial charge in [-0.15, -0.1) is 0 Å². The van der Waals surface area contributed by atoms with Crippen LogP contribution >= 0.6 is 15.9 Å². The van der Waals surface area contributed by atoms with Crippen molar-refractivity contribution in [2.45, 2.75) is 94.4 Å². The molecule has 308 valence electrons. The monoisotopic (exact) mass is 1300 g/mol. The first-order valence-corrected chi connectivity index (χ1v) is 19.6. The first-order chi connectivity index (χ1) is 26.9. The van der Waals surface area contributed by atoms with Crippen molar-refractivity contribution < 1.29 is 147 Å². The molecule has 9 unspecified atom stereocenters. The fraction of sp³-hybridized carbons (Fsp3) is 0.442. The Labute approximate surface area is 421 Å². The molecule has 13 nitrogen and oxygen atoms in total. The molecule has 1 amide bonds. The van der Waals surface area contributed by atoms with Crippen LogP contribution in [0.25, 0.3) is 0 Å². The molecule has 3 aromatic rings. The molecule has 0 aromatic heterocycles. The van der Waals surface area contributed by atoms with Crippen LogP contribution in [-0.2, 0) is 23.8 Å². The third kappa shape index (κ3) is 8.30. The maximum absolute atomic E-state index is 14.7. The Balaban J connectivity index is 0.00000331. The van der Waals surface area contributed by atoms with Gasteiger partial charge in [-0.2, -0.15) is 0 Å². The van der Waals surface area contributed by atoms with Crippen molar-refractivity contribution in [2.24, 2.45) is 16.7 Å². The van der Waals surface area contributed by atoms with Crippen molar-refractivity contribution in [3.8, 4) is 0 Å². The van der Waals surface area contributed by atoms with Crippen LogP contribution in [-0.4, -0.2) is 104 Å². The van der Waals surface area contributed by atoms with Crippen molar-refractivity contribution in [1.29, 1.82) is 0 Å². The Kier molecular flexibility index (Phi) is 15.1. The number of hydrogen-bond donors (Lipinski definition) is 6. The fourth-order valence-electron chi connectivity index (χ4n) is 9.55. The summed E-state index contributed by atoms with van der Waals surface area (Å²) in [6.07, 6.45) is -10.3. The number of aliphatic hydroxyl groups is 5. The molecule has 1 saturated heterocycles. The van der Waals surface area contributed by atoms with Crippen LogP contribution in [0.3, 0.4) is 0 Å². The summed E-state index contributed by atoms with van der Waals surface area (Å²) in [4.78, 5) is 56.2. The quantitative estimate of drug-likeness (QED) is 0.142. The van der Waals surface area contributed by atoms with E-state index >= 15 is 0 Å². The number of halogens is 1. The number of rotatable bonds is 8. The summed E-state index contributed by atoms with van der Waals surface area (Å²) in [6.45, 7) is 5.71. The third-order valence-electron chi connectivity index (χ3n) is 13.0. The molecule has 2 bridgehead atoms. The number of ketones is 1. The van der Waals surface area contributed by atoms with Crippen molar-refractivity contribution in [3.63, 3.8) is 0 Å². The smallest absolute Gasteiger partial charge is 0.338 e. The zero-order valence-electron chi connectivity index (χ0n) is 32.9. The summed E-state index contributed by atoms with van der Waals surface area (Å²) in [5, 5.41) is 63.7. The summed E-state index contributed by atoms with van der Waals surface area (Å²) in [5.41, 5.74) is -6.90. The minimum absolute atomic E-state index is 0. The maximum atomic E-state index is 14.7. The summed E-state index contributed by atoms with van der Waals surface area (Å²) in [7, 11) is 0. The van der Waals surface area contributed by atoms with Gasteiger partial charge in [0.25, 0.3) is 5.91 Å². The Morgan fingerprint density at radius 1 is 0.881 bits per heavy atom. The van der Waals surface area contributed by atoms with E-state index in [2.05, 4.69) is 21.2 Å². The molecule has 7 rings (SSSR count). The van der Waals surface area contributed by atoms with Crippen LogP contribution in [0.15, 0.2) is 101 Å². The van der Waals surface area contributed by atoms with Gasteiger partial charge in [0, 0.05) is 122 Å². The molecule has 3 aromatic carbocycles. The van der Waals surface area contributed by atoms with Gasteiger partial charge < -0.3 is 45.1 Å². The minimum Gasteiger partial charge on any atom is -0.456 e. The van der Waals surface area contributed by atoms with Gasteiger partial charge in [0.05, 0.1) is 35.8 Å². The molecule has 59 heavy (non-hydrogen) atoms. The average Bonchev–Trinajstić information content (AvgIpc) is 3.19. The number of Topliss-reactive ketones (excluding diaryl/α,β-unsaturated/α-hetero) is 1. The number of aliphatic hydroxyl groups excluding tert-OH is 3. The summed E-state index contributed by atoms with van der Waals surface area (Å²) in [6, 6.07) is 21.4. The number of fused-ring (bicyclic) bond motifs is 5. The Morgan fingerprint density at radius 3 is 2.02 bits per heavy atom. The fourth-order valence-corrected chi connectivity index (χ4v) is 9.82. The minimum atomic E-state index is -2.31. The molecule has 11 atom stereocenters. The first kappa shape index (κ1) is 48.6. The molecule has 4 aliphatic rings. The van der Waals surface area contributed by atoms with E-state index in [9.17, 15) is 44.7 Å². The Bertz CT molecular complexity index is 2110. The van der Waals surface area contributed by atoms with Gasteiger partial charge in [0.1, 0.15) is 29.5 Å². The van der Waals surface area contributed by atoms with Crippen LogP contribution in [0.2, 0.25) is 0 Å². The summed E-state index contributed by atoms with van der Waals surface area (Å²) >= 11 is 3.37. The number of hydrogen-bond acceptors (Lipinski definition) is 12. The van der Waals surface area contributed by atoms with Crippen molar-refractivity contribution in [2.75, 3.05) is 6.61 Å². The second kappa shape index (κ2) is 18.4. The standard InChI is InChI=1S/C43H46BrNO12.2Ac/c1-22-27(56-39(52)33(48)31(23-15-17-26(44)18-16-23)45-37(50)24-11-7-5-8-12-24)20-43(54)36(57-38(51)25-13-9-6-10-14-25)34-41(4,28(46)19-29-42(34,53)21-55-29)35(49)32(47)30(22)40(43,2)3;;/h5-18,27-29,31-34,36,46-48,53-54H,19-21H2,1-4H3,(H,45,50);;/t27?,28?,29?,31-,32?,33?,34?,36?,41+,42?,43?;;/m0../s1. The average molecular weight is 1300 g/mol. The van der Waals surface area contributed by atoms with E-state index in [0.717, 1.165) is 0 Å². The predicted molar refractivity (Wildman–Crippen MR) is 206 cm³/mol. The van der Waals surface area contributed by atoms with Crippen LogP contribution < -0.4 is 5.32 Å². The van der Waals surface area contributed by atoms with Gasteiger partial charge in [-0.05, 0) is 67.0 Å². The number of esters is 2. The molecular weight excluding hydrogens is 1260 g/mol. The molecule has 3 aliphatic carbocycles.